The van der Waals surface area contributed by atoms with Crippen LogP contribution in [0.3, 0.4) is 0 Å². The number of rotatable bonds is 1. The molecular weight excluding hydrogens is 257 g/mol. The standard InChI is InChI=1S/C13H13F3N2O/c1-6-7(2)11-9(5-10(6)13(14,15)16)8(3)17-12(18-11)19-4/h5H,1-4H3. The first kappa shape index (κ1) is 13.6. The molecule has 0 bridgehead atoms. The Morgan fingerprint density at radius 1 is 1.05 bits per heavy atom. The van der Waals surface area contributed by atoms with Crippen LogP contribution < -0.4 is 4.74 Å². The number of nitrogens with zero attached hydrogens (tertiary/aromatic N) is 2. The third kappa shape index (κ3) is 2.22. The average molecular weight is 270 g/mol. The molecule has 0 unspecified atom stereocenters. The van der Waals surface area contributed by atoms with Crippen LogP contribution in [0, 0.1) is 20.8 Å². The number of alkyl halides is 3. The molecule has 0 radical (unpaired) electrons. The lowest BCUT2D eigenvalue weighted by Gasteiger charge is -2.15. The van der Waals surface area contributed by atoms with E-state index in [1.165, 1.54) is 14.0 Å². The van der Waals surface area contributed by atoms with Crippen molar-refractivity contribution >= 4 is 10.9 Å². The fraction of sp³-hybridized carbons (Fsp3) is 0.385. The number of ether oxygens (including phenoxy) is 1. The summed E-state index contributed by atoms with van der Waals surface area (Å²) in [7, 11) is 1.42. The molecule has 6 heteroatoms. The highest BCUT2D eigenvalue weighted by molar-refractivity contribution is 5.86. The fourth-order valence-electron chi connectivity index (χ4n) is 2.03. The molecule has 0 fully saturated rings. The van der Waals surface area contributed by atoms with Crippen molar-refractivity contribution in [3.8, 4) is 6.01 Å². The molecule has 0 saturated carbocycles. The van der Waals surface area contributed by atoms with Crippen molar-refractivity contribution in [1.82, 2.24) is 9.97 Å². The zero-order valence-electron chi connectivity index (χ0n) is 11.0. The normalized spacial score (nSPS) is 11.9. The Hall–Kier alpha value is -1.85. The van der Waals surface area contributed by atoms with E-state index in [1.54, 1.807) is 13.8 Å². The molecule has 3 nitrogen and oxygen atoms in total. The van der Waals surface area contributed by atoms with E-state index in [0.717, 1.165) is 6.07 Å². The SMILES string of the molecule is COc1nc(C)c2cc(C(F)(F)F)c(C)c(C)c2n1. The van der Waals surface area contributed by atoms with Crippen LogP contribution in [-0.2, 0) is 6.18 Å². The number of methoxy groups -OCH3 is 1. The minimum atomic E-state index is -4.38. The molecular formula is C13H13F3N2O. The molecule has 0 atom stereocenters. The van der Waals surface area contributed by atoms with Gasteiger partial charge in [-0.15, -0.1) is 0 Å². The summed E-state index contributed by atoms with van der Waals surface area (Å²) in [5.41, 5.74) is 0.994. The third-order valence-corrected chi connectivity index (χ3v) is 3.21. The maximum atomic E-state index is 13.0. The second-order valence-corrected chi connectivity index (χ2v) is 4.36. The lowest BCUT2D eigenvalue weighted by atomic mass is 9.98. The molecule has 2 aromatic rings. The van der Waals surface area contributed by atoms with Crippen LogP contribution in [0.25, 0.3) is 10.9 Å². The van der Waals surface area contributed by atoms with Gasteiger partial charge in [0, 0.05) is 5.39 Å². The van der Waals surface area contributed by atoms with Crippen molar-refractivity contribution < 1.29 is 17.9 Å². The summed E-state index contributed by atoms with van der Waals surface area (Å²) in [6, 6.07) is 1.26. The number of halogens is 3. The van der Waals surface area contributed by atoms with Gasteiger partial charge in [0.2, 0.25) is 0 Å². The van der Waals surface area contributed by atoms with E-state index < -0.39 is 11.7 Å². The second kappa shape index (κ2) is 4.36. The highest BCUT2D eigenvalue weighted by Crippen LogP contribution is 2.36. The van der Waals surface area contributed by atoms with Gasteiger partial charge in [0.05, 0.1) is 23.9 Å². The van der Waals surface area contributed by atoms with E-state index in [2.05, 4.69) is 9.97 Å². The molecule has 0 aliphatic carbocycles. The Bertz CT molecular complexity index is 651. The van der Waals surface area contributed by atoms with Crippen LogP contribution in [0.15, 0.2) is 6.07 Å². The fourth-order valence-corrected chi connectivity index (χ4v) is 2.03. The van der Waals surface area contributed by atoms with Crippen molar-refractivity contribution in [2.24, 2.45) is 0 Å². The van der Waals surface area contributed by atoms with Gasteiger partial charge in [0.1, 0.15) is 0 Å². The first-order chi connectivity index (χ1) is 8.75. The molecule has 0 N–H and O–H groups in total. The van der Waals surface area contributed by atoms with Gasteiger partial charge in [-0.05, 0) is 38.0 Å². The van der Waals surface area contributed by atoms with Crippen LogP contribution in [0.1, 0.15) is 22.4 Å². The zero-order chi connectivity index (χ0) is 14.4. The number of fused-ring (bicyclic) bond motifs is 1. The first-order valence-corrected chi connectivity index (χ1v) is 5.65. The molecule has 0 spiro atoms. The van der Waals surface area contributed by atoms with Gasteiger partial charge in [-0.2, -0.15) is 23.1 Å². The van der Waals surface area contributed by atoms with Crippen LogP contribution in [0.2, 0.25) is 0 Å². The predicted octanol–water partition coefficient (Wildman–Crippen LogP) is 3.58. The Morgan fingerprint density at radius 3 is 2.21 bits per heavy atom. The van der Waals surface area contributed by atoms with E-state index in [1.807, 2.05) is 0 Å². The number of benzene rings is 1. The quantitative estimate of drug-likeness (QED) is 0.794. The van der Waals surface area contributed by atoms with E-state index in [0.29, 0.717) is 22.2 Å². The van der Waals surface area contributed by atoms with Gasteiger partial charge in [-0.1, -0.05) is 0 Å². The molecule has 0 saturated heterocycles. The van der Waals surface area contributed by atoms with E-state index in [9.17, 15) is 13.2 Å². The lowest BCUT2D eigenvalue weighted by molar-refractivity contribution is -0.138. The van der Waals surface area contributed by atoms with Crippen LogP contribution in [0.5, 0.6) is 6.01 Å². The Balaban J connectivity index is 2.88. The lowest BCUT2D eigenvalue weighted by Crippen LogP contribution is -2.10. The van der Waals surface area contributed by atoms with Gasteiger partial charge in [0.25, 0.3) is 0 Å². The summed E-state index contributed by atoms with van der Waals surface area (Å²) in [4.78, 5) is 8.15. The smallest absolute Gasteiger partial charge is 0.416 e. The molecule has 1 aromatic carbocycles. The van der Waals surface area contributed by atoms with Gasteiger partial charge >= 0.3 is 12.2 Å². The summed E-state index contributed by atoms with van der Waals surface area (Å²) >= 11 is 0. The molecule has 1 heterocycles. The largest absolute Gasteiger partial charge is 0.467 e. The molecule has 1 aromatic heterocycles. The molecule has 0 aliphatic heterocycles. The van der Waals surface area contributed by atoms with E-state index >= 15 is 0 Å². The number of hydrogen-bond donors (Lipinski definition) is 0. The average Bonchev–Trinajstić information content (AvgIpc) is 2.32. The second-order valence-electron chi connectivity index (χ2n) is 4.36. The van der Waals surface area contributed by atoms with Crippen molar-refractivity contribution in [3.63, 3.8) is 0 Å². The van der Waals surface area contributed by atoms with Gasteiger partial charge in [-0.3, -0.25) is 0 Å². The Kier molecular flexibility index (Phi) is 3.12. The van der Waals surface area contributed by atoms with Crippen molar-refractivity contribution in [3.05, 3.63) is 28.5 Å². The van der Waals surface area contributed by atoms with E-state index in [4.69, 9.17) is 4.74 Å². The molecule has 0 amide bonds. The molecule has 19 heavy (non-hydrogen) atoms. The maximum absolute atomic E-state index is 13.0. The first-order valence-electron chi connectivity index (χ1n) is 5.65. The van der Waals surface area contributed by atoms with Crippen molar-refractivity contribution in [2.45, 2.75) is 26.9 Å². The molecule has 2 rings (SSSR count). The van der Waals surface area contributed by atoms with E-state index in [-0.39, 0.29) is 11.6 Å². The summed E-state index contributed by atoms with van der Waals surface area (Å²) in [5, 5.41) is 0.399. The van der Waals surface area contributed by atoms with Crippen LogP contribution in [-0.4, -0.2) is 17.1 Å². The summed E-state index contributed by atoms with van der Waals surface area (Å²) in [5.74, 6) is 0. The molecule has 102 valence electrons. The third-order valence-electron chi connectivity index (χ3n) is 3.21. The zero-order valence-corrected chi connectivity index (χ0v) is 11.0. The van der Waals surface area contributed by atoms with Gasteiger partial charge in [0.15, 0.2) is 0 Å². The minimum absolute atomic E-state index is 0.159. The highest BCUT2D eigenvalue weighted by Gasteiger charge is 2.33. The number of aryl methyl sites for hydroxylation is 2. The van der Waals surface area contributed by atoms with Crippen LogP contribution in [0.4, 0.5) is 13.2 Å². The Labute approximate surface area is 108 Å². The molecule has 0 aliphatic rings. The summed E-state index contributed by atoms with van der Waals surface area (Å²) in [6.07, 6.45) is -4.38. The minimum Gasteiger partial charge on any atom is -0.467 e. The van der Waals surface area contributed by atoms with Crippen molar-refractivity contribution in [1.29, 1.82) is 0 Å². The van der Waals surface area contributed by atoms with Crippen molar-refractivity contribution in [2.75, 3.05) is 7.11 Å². The number of hydrogen-bond acceptors (Lipinski definition) is 3. The summed E-state index contributed by atoms with van der Waals surface area (Å²) in [6.45, 7) is 4.71. The van der Waals surface area contributed by atoms with Gasteiger partial charge in [-0.25, -0.2) is 0 Å². The van der Waals surface area contributed by atoms with Gasteiger partial charge < -0.3 is 4.74 Å². The topological polar surface area (TPSA) is 35.0 Å². The monoisotopic (exact) mass is 270 g/mol. The highest BCUT2D eigenvalue weighted by atomic mass is 19.4. The number of aromatic nitrogens is 2. The predicted molar refractivity (Wildman–Crippen MR) is 65.3 cm³/mol. The Morgan fingerprint density at radius 2 is 1.68 bits per heavy atom. The maximum Gasteiger partial charge on any atom is 0.416 e. The van der Waals surface area contributed by atoms with Crippen LogP contribution >= 0.6 is 0 Å². The summed E-state index contributed by atoms with van der Waals surface area (Å²) < 4.78 is 43.9.